The van der Waals surface area contributed by atoms with Gasteiger partial charge in [-0.3, -0.25) is 4.79 Å². The van der Waals surface area contributed by atoms with E-state index in [1.54, 1.807) is 0 Å². The second kappa shape index (κ2) is 5.80. The zero-order valence-electron chi connectivity index (χ0n) is 9.00. The topological polar surface area (TPSA) is 106 Å². The molecule has 92 valence electrons. The van der Waals surface area contributed by atoms with E-state index in [0.29, 0.717) is 0 Å². The summed E-state index contributed by atoms with van der Waals surface area (Å²) in [5.41, 5.74) is -0.528. The first-order chi connectivity index (χ1) is 8.08. The molecule has 0 fully saturated rings. The van der Waals surface area contributed by atoms with Crippen molar-refractivity contribution in [3.63, 3.8) is 0 Å². The van der Waals surface area contributed by atoms with Crippen molar-refractivity contribution in [3.8, 4) is 0 Å². The molecule has 0 aliphatic carbocycles. The maximum Gasteiger partial charge on any atom is 0.335 e. The summed E-state index contributed by atoms with van der Waals surface area (Å²) in [6, 6.07) is 1.16. The van der Waals surface area contributed by atoms with Crippen LogP contribution in [0.25, 0.3) is 0 Å². The Morgan fingerprint density at radius 2 is 2.24 bits per heavy atom. The van der Waals surface area contributed by atoms with Gasteiger partial charge in [-0.15, -0.1) is 0 Å². The molecular formula is C10H11NO6. The average Bonchev–Trinajstić information content (AvgIpc) is 2.35. The van der Waals surface area contributed by atoms with Crippen LogP contribution in [-0.2, 0) is 9.53 Å². The van der Waals surface area contributed by atoms with Crippen LogP contribution < -0.4 is 10.9 Å². The Hall–Kier alpha value is -2.15. The van der Waals surface area contributed by atoms with Gasteiger partial charge in [0.15, 0.2) is 6.04 Å². The summed E-state index contributed by atoms with van der Waals surface area (Å²) in [7, 11) is 1.14. The normalized spacial score (nSPS) is 11.6. The van der Waals surface area contributed by atoms with Crippen molar-refractivity contribution in [2.75, 3.05) is 13.7 Å². The summed E-state index contributed by atoms with van der Waals surface area (Å²) in [5, 5.41) is 11.1. The van der Waals surface area contributed by atoms with E-state index in [2.05, 4.69) is 14.5 Å². The maximum atomic E-state index is 11.6. The number of ether oxygens (including phenoxy) is 1. The highest BCUT2D eigenvalue weighted by molar-refractivity contribution is 5.96. The van der Waals surface area contributed by atoms with Gasteiger partial charge in [-0.1, -0.05) is 0 Å². The molecule has 1 amide bonds. The number of carbonyl (C=O) groups is 2. The van der Waals surface area contributed by atoms with Crippen LogP contribution in [0.1, 0.15) is 10.4 Å². The first kappa shape index (κ1) is 12.9. The van der Waals surface area contributed by atoms with Gasteiger partial charge in [0.05, 0.1) is 19.3 Å². The third-order valence-corrected chi connectivity index (χ3v) is 1.94. The van der Waals surface area contributed by atoms with Crippen LogP contribution in [0.4, 0.5) is 0 Å². The molecule has 1 aromatic heterocycles. The Morgan fingerprint density at radius 3 is 2.71 bits per heavy atom. The summed E-state index contributed by atoms with van der Waals surface area (Å²) in [4.78, 5) is 33.3. The van der Waals surface area contributed by atoms with Crippen LogP contribution in [0.3, 0.4) is 0 Å². The molecule has 0 aromatic carbocycles. The Bertz CT molecular complexity index is 446. The SMILES string of the molecule is COC(=O)C(CO)NC(=O)c1ccc(=O)oc1. The Labute approximate surface area is 96.0 Å². The smallest absolute Gasteiger partial charge is 0.335 e. The third-order valence-electron chi connectivity index (χ3n) is 1.94. The van der Waals surface area contributed by atoms with Gasteiger partial charge in [0.2, 0.25) is 0 Å². The minimum atomic E-state index is -1.15. The molecule has 1 unspecified atom stereocenters. The number of amides is 1. The molecule has 17 heavy (non-hydrogen) atoms. The average molecular weight is 241 g/mol. The van der Waals surface area contributed by atoms with E-state index in [0.717, 1.165) is 19.4 Å². The highest BCUT2D eigenvalue weighted by Crippen LogP contribution is 1.97. The first-order valence-electron chi connectivity index (χ1n) is 4.67. The zero-order chi connectivity index (χ0) is 12.8. The molecule has 0 spiro atoms. The highest BCUT2D eigenvalue weighted by Gasteiger charge is 2.21. The van der Waals surface area contributed by atoms with Gasteiger partial charge in [-0.05, 0) is 6.07 Å². The lowest BCUT2D eigenvalue weighted by Gasteiger charge is -2.13. The number of aliphatic hydroxyl groups is 1. The van der Waals surface area contributed by atoms with Crippen LogP contribution in [0, 0.1) is 0 Å². The van der Waals surface area contributed by atoms with E-state index in [9.17, 15) is 14.4 Å². The summed E-state index contributed by atoms with van der Waals surface area (Å²) >= 11 is 0. The second-order valence-corrected chi connectivity index (χ2v) is 3.08. The van der Waals surface area contributed by atoms with Crippen LogP contribution in [0.5, 0.6) is 0 Å². The molecule has 1 atom stereocenters. The van der Waals surface area contributed by atoms with Crippen molar-refractivity contribution in [1.82, 2.24) is 5.32 Å². The first-order valence-corrected chi connectivity index (χ1v) is 4.67. The molecule has 0 aliphatic heterocycles. The van der Waals surface area contributed by atoms with E-state index in [1.807, 2.05) is 0 Å². The molecular weight excluding hydrogens is 230 g/mol. The lowest BCUT2D eigenvalue weighted by Crippen LogP contribution is -2.44. The third kappa shape index (κ3) is 3.42. The number of nitrogens with one attached hydrogen (secondary N) is 1. The van der Waals surface area contributed by atoms with Crippen LogP contribution in [0.15, 0.2) is 27.6 Å². The van der Waals surface area contributed by atoms with Gasteiger partial charge >= 0.3 is 11.6 Å². The molecule has 0 radical (unpaired) electrons. The quantitative estimate of drug-likeness (QED) is 0.648. The number of hydrogen-bond acceptors (Lipinski definition) is 6. The number of methoxy groups -OCH3 is 1. The molecule has 2 N–H and O–H groups in total. The minimum Gasteiger partial charge on any atom is -0.467 e. The molecule has 1 rings (SSSR count). The molecule has 7 nitrogen and oxygen atoms in total. The molecule has 7 heteroatoms. The fraction of sp³-hybridized carbons (Fsp3) is 0.300. The van der Waals surface area contributed by atoms with E-state index in [1.165, 1.54) is 6.07 Å². The Kier molecular flexibility index (Phi) is 4.41. The van der Waals surface area contributed by atoms with Crippen LogP contribution in [0.2, 0.25) is 0 Å². The molecule has 0 saturated carbocycles. The summed E-state index contributed by atoms with van der Waals surface area (Å²) < 4.78 is 8.86. The fourth-order valence-corrected chi connectivity index (χ4v) is 1.05. The number of aliphatic hydroxyl groups excluding tert-OH is 1. The Balaban J connectivity index is 2.74. The predicted octanol–water partition coefficient (Wildman–Crippen LogP) is -1.10. The number of carbonyl (C=O) groups excluding carboxylic acids is 2. The molecule has 0 saturated heterocycles. The van der Waals surface area contributed by atoms with Gasteiger partial charge < -0.3 is 19.6 Å². The molecule has 1 aromatic rings. The highest BCUT2D eigenvalue weighted by atomic mass is 16.5. The van der Waals surface area contributed by atoms with Gasteiger partial charge in [0.1, 0.15) is 6.26 Å². The van der Waals surface area contributed by atoms with Crippen molar-refractivity contribution < 1.29 is 23.8 Å². The molecule has 0 bridgehead atoms. The van der Waals surface area contributed by atoms with Crippen LogP contribution >= 0.6 is 0 Å². The fourth-order valence-electron chi connectivity index (χ4n) is 1.05. The van der Waals surface area contributed by atoms with Crippen molar-refractivity contribution in [3.05, 3.63) is 34.4 Å². The Morgan fingerprint density at radius 1 is 1.53 bits per heavy atom. The zero-order valence-corrected chi connectivity index (χ0v) is 9.00. The van der Waals surface area contributed by atoms with E-state index in [4.69, 9.17) is 5.11 Å². The monoisotopic (exact) mass is 241 g/mol. The maximum absolute atomic E-state index is 11.6. The number of hydrogen-bond donors (Lipinski definition) is 2. The summed E-state index contributed by atoms with van der Waals surface area (Å²) in [6.07, 6.45) is 0.962. The van der Waals surface area contributed by atoms with E-state index >= 15 is 0 Å². The number of esters is 1. The van der Waals surface area contributed by atoms with Crippen molar-refractivity contribution in [2.45, 2.75) is 6.04 Å². The standard InChI is InChI=1S/C10H11NO6/c1-16-10(15)7(4-12)11-9(14)6-2-3-8(13)17-5-6/h2-3,5,7,12H,4H2,1H3,(H,11,14). The van der Waals surface area contributed by atoms with E-state index in [-0.39, 0.29) is 5.56 Å². The van der Waals surface area contributed by atoms with Crippen molar-refractivity contribution in [1.29, 1.82) is 0 Å². The van der Waals surface area contributed by atoms with Gasteiger partial charge in [0, 0.05) is 6.07 Å². The van der Waals surface area contributed by atoms with Crippen molar-refractivity contribution >= 4 is 11.9 Å². The lowest BCUT2D eigenvalue weighted by molar-refractivity contribution is -0.143. The van der Waals surface area contributed by atoms with Crippen molar-refractivity contribution in [2.24, 2.45) is 0 Å². The van der Waals surface area contributed by atoms with E-state index < -0.39 is 30.2 Å². The summed E-state index contributed by atoms with van der Waals surface area (Å²) in [5.74, 6) is -1.42. The number of rotatable bonds is 4. The minimum absolute atomic E-state index is 0.0620. The lowest BCUT2D eigenvalue weighted by atomic mass is 10.2. The summed E-state index contributed by atoms with van der Waals surface area (Å²) in [6.45, 7) is -0.588. The second-order valence-electron chi connectivity index (χ2n) is 3.08. The molecule has 1 heterocycles. The predicted molar refractivity (Wildman–Crippen MR) is 55.3 cm³/mol. The largest absolute Gasteiger partial charge is 0.467 e. The van der Waals surface area contributed by atoms with Gasteiger partial charge in [0.25, 0.3) is 5.91 Å². The van der Waals surface area contributed by atoms with Crippen LogP contribution in [-0.4, -0.2) is 36.7 Å². The van der Waals surface area contributed by atoms with Gasteiger partial charge in [-0.25, -0.2) is 9.59 Å². The van der Waals surface area contributed by atoms with Gasteiger partial charge in [-0.2, -0.15) is 0 Å². The molecule has 0 aliphatic rings.